The maximum Gasteiger partial charge on any atom is 0.331 e. The number of amides is 1. The van der Waals surface area contributed by atoms with Gasteiger partial charge in [0.05, 0.1) is 7.11 Å². The first-order valence-electron chi connectivity index (χ1n) is 8.54. The van der Waals surface area contributed by atoms with Crippen molar-refractivity contribution in [1.29, 1.82) is 0 Å². The van der Waals surface area contributed by atoms with Gasteiger partial charge in [0.2, 0.25) is 0 Å². The molecule has 5 heteroatoms. The van der Waals surface area contributed by atoms with Gasteiger partial charge in [0.15, 0.2) is 6.61 Å². The number of anilines is 1. The molecule has 1 heterocycles. The molecule has 3 rings (SSSR count). The van der Waals surface area contributed by atoms with Crippen LogP contribution in [0, 0.1) is 0 Å². The fourth-order valence-electron chi connectivity index (χ4n) is 2.93. The number of para-hydroxylation sites is 1. The lowest BCUT2D eigenvalue weighted by Gasteiger charge is -2.29. The third kappa shape index (κ3) is 4.30. The van der Waals surface area contributed by atoms with Crippen molar-refractivity contribution in [3.63, 3.8) is 0 Å². The van der Waals surface area contributed by atoms with E-state index in [0.29, 0.717) is 6.54 Å². The maximum absolute atomic E-state index is 12.4. The molecule has 0 unspecified atom stereocenters. The van der Waals surface area contributed by atoms with Crippen molar-refractivity contribution in [3.05, 3.63) is 65.7 Å². The number of carbonyl (C=O) groups excluding carboxylic acids is 2. The van der Waals surface area contributed by atoms with Gasteiger partial charge in [-0.15, -0.1) is 0 Å². The summed E-state index contributed by atoms with van der Waals surface area (Å²) in [5, 5.41) is 0. The lowest BCUT2D eigenvalue weighted by atomic mass is 10.0. The van der Waals surface area contributed by atoms with Crippen LogP contribution in [0.1, 0.15) is 17.5 Å². The van der Waals surface area contributed by atoms with Gasteiger partial charge in [0.25, 0.3) is 5.91 Å². The third-order valence-electron chi connectivity index (χ3n) is 4.28. The molecule has 1 aliphatic rings. The molecule has 2 aromatic rings. The second-order valence-electron chi connectivity index (χ2n) is 5.99. The zero-order valence-corrected chi connectivity index (χ0v) is 14.7. The molecule has 2 aromatic carbocycles. The van der Waals surface area contributed by atoms with Gasteiger partial charge < -0.3 is 14.4 Å². The lowest BCUT2D eigenvalue weighted by molar-refractivity contribution is -0.142. The number of nitrogens with zero attached hydrogens (tertiary/aromatic N) is 1. The number of esters is 1. The summed E-state index contributed by atoms with van der Waals surface area (Å²) in [7, 11) is 1.60. The van der Waals surface area contributed by atoms with Crippen LogP contribution in [0.25, 0.3) is 6.08 Å². The van der Waals surface area contributed by atoms with E-state index in [1.54, 1.807) is 18.1 Å². The first kappa shape index (κ1) is 17.7. The lowest BCUT2D eigenvalue weighted by Crippen LogP contribution is -2.38. The van der Waals surface area contributed by atoms with Crippen LogP contribution in [0.3, 0.4) is 0 Å². The molecule has 0 N–H and O–H groups in total. The molecular weight excluding hydrogens is 330 g/mol. The van der Waals surface area contributed by atoms with E-state index in [2.05, 4.69) is 0 Å². The Hall–Kier alpha value is -3.08. The smallest absolute Gasteiger partial charge is 0.331 e. The van der Waals surface area contributed by atoms with Gasteiger partial charge in [-0.3, -0.25) is 4.79 Å². The average molecular weight is 351 g/mol. The van der Waals surface area contributed by atoms with E-state index >= 15 is 0 Å². The topological polar surface area (TPSA) is 55.8 Å². The Morgan fingerprint density at radius 3 is 2.65 bits per heavy atom. The predicted molar refractivity (Wildman–Crippen MR) is 100 cm³/mol. The molecule has 1 aliphatic heterocycles. The van der Waals surface area contributed by atoms with Gasteiger partial charge in [-0.1, -0.05) is 30.3 Å². The Bertz CT molecular complexity index is 811. The molecule has 0 saturated carbocycles. The monoisotopic (exact) mass is 351 g/mol. The average Bonchev–Trinajstić information content (AvgIpc) is 2.70. The molecule has 26 heavy (non-hydrogen) atoms. The summed E-state index contributed by atoms with van der Waals surface area (Å²) in [5.41, 5.74) is 2.91. The summed E-state index contributed by atoms with van der Waals surface area (Å²) in [6.07, 6.45) is 4.83. The van der Waals surface area contributed by atoms with Crippen LogP contribution in [0.5, 0.6) is 5.75 Å². The number of benzene rings is 2. The first-order valence-corrected chi connectivity index (χ1v) is 8.54. The molecule has 0 aliphatic carbocycles. The van der Waals surface area contributed by atoms with E-state index < -0.39 is 5.97 Å². The van der Waals surface area contributed by atoms with Crippen molar-refractivity contribution in [3.8, 4) is 5.75 Å². The van der Waals surface area contributed by atoms with Crippen molar-refractivity contribution in [2.24, 2.45) is 0 Å². The number of ether oxygens (including phenoxy) is 2. The molecule has 0 spiro atoms. The Kier molecular flexibility index (Phi) is 5.69. The second kappa shape index (κ2) is 8.34. The van der Waals surface area contributed by atoms with E-state index in [4.69, 9.17) is 9.47 Å². The van der Waals surface area contributed by atoms with Crippen molar-refractivity contribution in [1.82, 2.24) is 0 Å². The summed E-state index contributed by atoms with van der Waals surface area (Å²) in [6, 6.07) is 15.1. The highest BCUT2D eigenvalue weighted by Gasteiger charge is 2.22. The van der Waals surface area contributed by atoms with Crippen molar-refractivity contribution < 1.29 is 19.1 Å². The maximum atomic E-state index is 12.4. The third-order valence-corrected chi connectivity index (χ3v) is 4.28. The number of fused-ring (bicyclic) bond motifs is 1. The zero-order chi connectivity index (χ0) is 18.4. The molecule has 0 saturated heterocycles. The van der Waals surface area contributed by atoms with E-state index in [9.17, 15) is 9.59 Å². The summed E-state index contributed by atoms with van der Waals surface area (Å²) in [5.74, 6) is -0.0000499. The zero-order valence-electron chi connectivity index (χ0n) is 14.7. The van der Waals surface area contributed by atoms with E-state index in [1.807, 2.05) is 48.5 Å². The Balaban J connectivity index is 1.54. The standard InChI is InChI=1S/C21H21NO4/c1-25-18-11-8-16(9-12-18)10-13-21(24)26-15-20(23)22-14-4-6-17-5-2-3-7-19(17)22/h2-3,5,7-13H,4,6,14-15H2,1H3/b13-10+. The minimum absolute atomic E-state index is 0.205. The van der Waals surface area contributed by atoms with Gasteiger partial charge in [-0.2, -0.15) is 0 Å². The van der Waals surface area contributed by atoms with E-state index in [-0.39, 0.29) is 12.5 Å². The summed E-state index contributed by atoms with van der Waals surface area (Å²) in [4.78, 5) is 26.0. The first-order chi connectivity index (χ1) is 12.7. The van der Waals surface area contributed by atoms with Crippen LogP contribution in [0.15, 0.2) is 54.6 Å². The quantitative estimate of drug-likeness (QED) is 0.613. The van der Waals surface area contributed by atoms with Crippen LogP contribution in [0.2, 0.25) is 0 Å². The van der Waals surface area contributed by atoms with Crippen molar-refractivity contribution >= 4 is 23.6 Å². The molecule has 0 radical (unpaired) electrons. The van der Waals surface area contributed by atoms with Crippen molar-refractivity contribution in [2.45, 2.75) is 12.8 Å². The van der Waals surface area contributed by atoms with Crippen LogP contribution in [-0.2, 0) is 20.7 Å². The van der Waals surface area contributed by atoms with Crippen molar-refractivity contribution in [2.75, 3.05) is 25.2 Å². The minimum Gasteiger partial charge on any atom is -0.497 e. The Labute approximate surface area is 152 Å². The van der Waals surface area contributed by atoms with E-state index in [1.165, 1.54) is 6.08 Å². The molecule has 0 aromatic heterocycles. The van der Waals surface area contributed by atoms with Gasteiger partial charge in [0.1, 0.15) is 5.75 Å². The van der Waals surface area contributed by atoms with Gasteiger partial charge in [-0.25, -0.2) is 4.79 Å². The number of aryl methyl sites for hydroxylation is 1. The van der Waals surface area contributed by atoms with Crippen LogP contribution in [0.4, 0.5) is 5.69 Å². The highest BCUT2D eigenvalue weighted by atomic mass is 16.5. The minimum atomic E-state index is -0.542. The summed E-state index contributed by atoms with van der Waals surface area (Å²) < 4.78 is 10.2. The number of rotatable bonds is 5. The van der Waals surface area contributed by atoms with Gasteiger partial charge in [-0.05, 0) is 48.2 Å². The summed E-state index contributed by atoms with van der Waals surface area (Å²) in [6.45, 7) is 0.384. The van der Waals surface area contributed by atoms with E-state index in [0.717, 1.165) is 35.4 Å². The summed E-state index contributed by atoms with van der Waals surface area (Å²) >= 11 is 0. The molecule has 0 bridgehead atoms. The largest absolute Gasteiger partial charge is 0.497 e. The fourth-order valence-corrected chi connectivity index (χ4v) is 2.93. The Morgan fingerprint density at radius 1 is 1.12 bits per heavy atom. The van der Waals surface area contributed by atoms with Gasteiger partial charge >= 0.3 is 5.97 Å². The predicted octanol–water partition coefficient (Wildman–Crippen LogP) is 3.23. The normalized spacial score (nSPS) is 13.3. The second-order valence-corrected chi connectivity index (χ2v) is 5.99. The Morgan fingerprint density at radius 2 is 1.88 bits per heavy atom. The molecule has 5 nitrogen and oxygen atoms in total. The molecule has 1 amide bonds. The number of hydrogen-bond acceptors (Lipinski definition) is 4. The van der Waals surface area contributed by atoms with Crippen LogP contribution < -0.4 is 9.64 Å². The highest BCUT2D eigenvalue weighted by molar-refractivity contribution is 5.97. The molecular formula is C21H21NO4. The molecule has 0 fully saturated rings. The number of methoxy groups -OCH3 is 1. The molecule has 134 valence electrons. The molecule has 0 atom stereocenters. The van der Waals surface area contributed by atoms with Gasteiger partial charge in [0, 0.05) is 18.3 Å². The fraction of sp³-hybridized carbons (Fsp3) is 0.238. The number of hydrogen-bond donors (Lipinski definition) is 0. The number of carbonyl (C=O) groups is 2. The SMILES string of the molecule is COc1ccc(/C=C/C(=O)OCC(=O)N2CCCc3ccccc32)cc1. The van der Waals surface area contributed by atoms with Crippen LogP contribution >= 0.6 is 0 Å². The van der Waals surface area contributed by atoms with Crippen LogP contribution in [-0.4, -0.2) is 32.1 Å². The highest BCUT2D eigenvalue weighted by Crippen LogP contribution is 2.26.